The normalized spacial score (nSPS) is 12.7. The molecule has 0 aliphatic rings. The topological polar surface area (TPSA) is 103 Å². The molecule has 2 N–H and O–H groups in total. The first kappa shape index (κ1) is 32.5. The molecule has 0 bridgehead atoms. The number of nitrogens with zero attached hydrogens (tertiary/aromatic N) is 2. The second-order valence-corrected chi connectivity index (χ2v) is 11.8. The second-order valence-electron chi connectivity index (χ2n) is 10.0. The Morgan fingerprint density at radius 2 is 1.50 bits per heavy atom. The summed E-state index contributed by atoms with van der Waals surface area (Å²) in [5.41, 5.74) is -5.35. The SMILES string of the molecule is Cc1cc(F)ccc1-c1c(N(C)C(=O)C(C)(C)c2cc(C(F)(F)F)cc(C(F)(F)F)c2)cnc(NS(C)(=O)=O)c1C=N. The van der Waals surface area contributed by atoms with Crippen LogP contribution in [0, 0.1) is 18.2 Å². The maximum atomic E-state index is 13.9. The van der Waals surface area contributed by atoms with Crippen LogP contribution in [0.4, 0.5) is 42.2 Å². The lowest BCUT2D eigenvalue weighted by atomic mass is 9.81. The number of halogens is 7. The molecular formula is C27H25F7N4O3S. The van der Waals surface area contributed by atoms with Crippen molar-refractivity contribution in [2.24, 2.45) is 0 Å². The number of aryl methyl sites for hydroxylation is 1. The van der Waals surface area contributed by atoms with Gasteiger partial charge in [-0.2, -0.15) is 26.3 Å². The molecule has 1 heterocycles. The number of anilines is 2. The van der Waals surface area contributed by atoms with Crippen LogP contribution < -0.4 is 9.62 Å². The summed E-state index contributed by atoms with van der Waals surface area (Å²) in [5.74, 6) is -1.88. The van der Waals surface area contributed by atoms with Crippen molar-refractivity contribution in [1.29, 1.82) is 5.41 Å². The zero-order valence-corrected chi connectivity index (χ0v) is 23.6. The van der Waals surface area contributed by atoms with Gasteiger partial charge in [-0.25, -0.2) is 17.8 Å². The number of likely N-dealkylation sites (N-methyl/N-ethyl adjacent to an activating group) is 1. The summed E-state index contributed by atoms with van der Waals surface area (Å²) in [6, 6.07) is 4.42. The Morgan fingerprint density at radius 3 is 1.95 bits per heavy atom. The first-order valence-corrected chi connectivity index (χ1v) is 13.8. The average molecular weight is 619 g/mol. The van der Waals surface area contributed by atoms with Crippen molar-refractivity contribution in [2.75, 3.05) is 22.9 Å². The van der Waals surface area contributed by atoms with Crippen LogP contribution >= 0.6 is 0 Å². The Balaban J connectivity index is 2.28. The van der Waals surface area contributed by atoms with Gasteiger partial charge in [0, 0.05) is 24.4 Å². The summed E-state index contributed by atoms with van der Waals surface area (Å²) < 4.78 is 121. The molecule has 0 aliphatic carbocycles. The molecule has 3 aromatic rings. The molecule has 0 radical (unpaired) electrons. The number of sulfonamides is 1. The second kappa shape index (κ2) is 11.0. The smallest absolute Gasteiger partial charge is 0.313 e. The van der Waals surface area contributed by atoms with Gasteiger partial charge in [0.2, 0.25) is 15.9 Å². The fraction of sp³-hybridized carbons (Fsp3) is 0.296. The molecule has 226 valence electrons. The monoisotopic (exact) mass is 618 g/mol. The van der Waals surface area contributed by atoms with Gasteiger partial charge in [0.25, 0.3) is 0 Å². The minimum absolute atomic E-state index is 0.0373. The van der Waals surface area contributed by atoms with Crippen LogP contribution in [0.5, 0.6) is 0 Å². The third-order valence-corrected chi connectivity index (χ3v) is 7.05. The summed E-state index contributed by atoms with van der Waals surface area (Å²) in [6.45, 7) is 3.80. The zero-order chi connectivity index (χ0) is 32.0. The third kappa shape index (κ3) is 6.72. The molecule has 0 atom stereocenters. The van der Waals surface area contributed by atoms with Gasteiger partial charge in [0.05, 0.1) is 34.7 Å². The predicted molar refractivity (Wildman–Crippen MR) is 144 cm³/mol. The molecule has 0 saturated carbocycles. The maximum Gasteiger partial charge on any atom is 0.416 e. The molecule has 3 rings (SSSR count). The number of aromatic nitrogens is 1. The summed E-state index contributed by atoms with van der Waals surface area (Å²) in [5, 5.41) is 7.97. The van der Waals surface area contributed by atoms with E-state index in [4.69, 9.17) is 5.41 Å². The van der Waals surface area contributed by atoms with Crippen LogP contribution in [0.2, 0.25) is 0 Å². The largest absolute Gasteiger partial charge is 0.416 e. The highest BCUT2D eigenvalue weighted by atomic mass is 32.2. The minimum atomic E-state index is -5.14. The highest BCUT2D eigenvalue weighted by molar-refractivity contribution is 7.92. The quantitative estimate of drug-likeness (QED) is 0.232. The van der Waals surface area contributed by atoms with Crippen molar-refractivity contribution in [3.8, 4) is 11.1 Å². The molecular weight excluding hydrogens is 593 g/mol. The van der Waals surface area contributed by atoms with Gasteiger partial charge in [-0.1, -0.05) is 6.07 Å². The van der Waals surface area contributed by atoms with E-state index >= 15 is 0 Å². The molecule has 1 aromatic heterocycles. The van der Waals surface area contributed by atoms with E-state index in [1.807, 2.05) is 0 Å². The minimum Gasteiger partial charge on any atom is -0.313 e. The number of hydrogen-bond acceptors (Lipinski definition) is 5. The Hall–Kier alpha value is -4.01. The van der Waals surface area contributed by atoms with Crippen molar-refractivity contribution in [3.05, 3.63) is 76.2 Å². The Kier molecular flexibility index (Phi) is 8.51. The summed E-state index contributed by atoms with van der Waals surface area (Å²) in [4.78, 5) is 18.8. The van der Waals surface area contributed by atoms with Crippen molar-refractivity contribution < 1.29 is 43.9 Å². The van der Waals surface area contributed by atoms with Crippen LogP contribution in [0.1, 0.15) is 41.7 Å². The van der Waals surface area contributed by atoms with Crippen LogP contribution in [-0.2, 0) is 32.6 Å². The number of amides is 1. The number of carbonyl (C=O) groups is 1. The first-order valence-electron chi connectivity index (χ1n) is 11.9. The van der Waals surface area contributed by atoms with E-state index in [2.05, 4.69) is 9.71 Å². The lowest BCUT2D eigenvalue weighted by Crippen LogP contribution is -2.42. The Morgan fingerprint density at radius 1 is 0.976 bits per heavy atom. The number of carbonyl (C=O) groups excluding carboxylic acids is 1. The van der Waals surface area contributed by atoms with Crippen LogP contribution in [0.3, 0.4) is 0 Å². The van der Waals surface area contributed by atoms with Crippen LogP contribution in [0.25, 0.3) is 11.1 Å². The Labute approximate surface area is 236 Å². The molecule has 0 unspecified atom stereocenters. The molecule has 2 aromatic carbocycles. The van der Waals surface area contributed by atoms with Crippen molar-refractivity contribution in [3.63, 3.8) is 0 Å². The highest BCUT2D eigenvalue weighted by Gasteiger charge is 2.41. The number of pyridine rings is 1. The molecule has 15 heteroatoms. The van der Waals surface area contributed by atoms with Gasteiger partial charge in [-0.15, -0.1) is 0 Å². The van der Waals surface area contributed by atoms with Gasteiger partial charge < -0.3 is 10.3 Å². The third-order valence-electron chi connectivity index (χ3n) is 6.49. The average Bonchev–Trinajstić information content (AvgIpc) is 2.85. The molecule has 1 amide bonds. The van der Waals surface area contributed by atoms with Crippen molar-refractivity contribution >= 4 is 33.7 Å². The molecule has 7 nitrogen and oxygen atoms in total. The number of alkyl halides is 6. The van der Waals surface area contributed by atoms with E-state index in [1.165, 1.54) is 20.0 Å². The number of rotatable bonds is 7. The van der Waals surface area contributed by atoms with E-state index in [9.17, 15) is 43.9 Å². The van der Waals surface area contributed by atoms with Gasteiger partial charge in [0.1, 0.15) is 11.6 Å². The van der Waals surface area contributed by atoms with Gasteiger partial charge in [-0.3, -0.25) is 9.52 Å². The summed E-state index contributed by atoms with van der Waals surface area (Å²) in [6.07, 6.45) is -7.64. The van der Waals surface area contributed by atoms with E-state index in [1.54, 1.807) is 0 Å². The zero-order valence-electron chi connectivity index (χ0n) is 22.8. The number of benzene rings is 2. The molecule has 0 saturated heterocycles. The predicted octanol–water partition coefficient (Wildman–Crippen LogP) is 6.54. The van der Waals surface area contributed by atoms with E-state index < -0.39 is 56.2 Å². The maximum absolute atomic E-state index is 13.9. The lowest BCUT2D eigenvalue weighted by Gasteiger charge is -2.32. The number of nitrogens with one attached hydrogen (secondary N) is 2. The fourth-order valence-corrected chi connectivity index (χ4v) is 4.84. The van der Waals surface area contributed by atoms with E-state index in [0.717, 1.165) is 49.5 Å². The van der Waals surface area contributed by atoms with E-state index in [-0.39, 0.29) is 34.3 Å². The van der Waals surface area contributed by atoms with Crippen LogP contribution in [-0.4, -0.2) is 38.8 Å². The first-order chi connectivity index (χ1) is 19.1. The lowest BCUT2D eigenvalue weighted by molar-refractivity contribution is -0.143. The van der Waals surface area contributed by atoms with Crippen molar-refractivity contribution in [1.82, 2.24) is 4.98 Å². The molecule has 0 spiro atoms. The molecule has 42 heavy (non-hydrogen) atoms. The van der Waals surface area contributed by atoms with Gasteiger partial charge >= 0.3 is 12.4 Å². The fourth-order valence-electron chi connectivity index (χ4n) is 4.33. The summed E-state index contributed by atoms with van der Waals surface area (Å²) in [7, 11) is -2.71. The van der Waals surface area contributed by atoms with Crippen molar-refractivity contribution in [2.45, 2.75) is 38.5 Å². The van der Waals surface area contributed by atoms with Gasteiger partial charge in [0.15, 0.2) is 0 Å². The van der Waals surface area contributed by atoms with Gasteiger partial charge in [-0.05, 0) is 67.8 Å². The van der Waals surface area contributed by atoms with Crippen LogP contribution in [0.15, 0.2) is 42.6 Å². The Bertz CT molecular complexity index is 1640. The van der Waals surface area contributed by atoms with E-state index in [0.29, 0.717) is 17.7 Å². The number of hydrogen-bond donors (Lipinski definition) is 2. The summed E-state index contributed by atoms with van der Waals surface area (Å²) >= 11 is 0. The highest BCUT2D eigenvalue weighted by Crippen LogP contribution is 2.42. The molecule has 0 aliphatic heterocycles. The standard InChI is InChI=1S/C27H25F7N4O3S/c1-14-8-18(28)6-7-19(14)22-20(12-35)23(37-42(5,40)41)36-13-21(22)38(4)24(39)25(2,3)15-9-16(26(29,30)31)11-17(10-15)27(32,33)34/h6-13,35H,1-5H3,(H,36,37). The molecule has 0 fully saturated rings.